The second-order valence-electron chi connectivity index (χ2n) is 5.87. The van der Waals surface area contributed by atoms with E-state index in [4.69, 9.17) is 22.1 Å². The molecular formula is C19H13BrClN7O. The van der Waals surface area contributed by atoms with Crippen molar-refractivity contribution in [3.05, 3.63) is 67.4 Å². The molecule has 1 aromatic heterocycles. The minimum atomic E-state index is -0.503. The smallest absolute Gasteiger partial charge is 0.307 e. The third-order valence-corrected chi connectivity index (χ3v) is 4.76. The van der Waals surface area contributed by atoms with Crippen LogP contribution < -0.4 is 16.2 Å². The van der Waals surface area contributed by atoms with Crippen molar-refractivity contribution in [3.63, 3.8) is 0 Å². The standard InChI is InChI=1S/C19H13BrClN7O/c20-14-8-12(2-1-7-22)9-15(21)16(14)25-19-26-17(18(29)27-28-19)24-13-5-3-11(10-23)4-6-13/h3-6,8-9H,1-2H2,(H,27,29)(H2,24,25,26,28). The molecule has 3 aromatic rings. The lowest BCUT2D eigenvalue weighted by Gasteiger charge is -2.12. The molecule has 0 saturated carbocycles. The van der Waals surface area contributed by atoms with Gasteiger partial charge in [0.2, 0.25) is 11.8 Å². The van der Waals surface area contributed by atoms with E-state index in [2.05, 4.69) is 47.8 Å². The Hall–Kier alpha value is -3.40. The van der Waals surface area contributed by atoms with Crippen LogP contribution in [0.3, 0.4) is 0 Å². The molecule has 144 valence electrons. The molecule has 0 spiro atoms. The van der Waals surface area contributed by atoms with E-state index in [1.54, 1.807) is 30.3 Å². The van der Waals surface area contributed by atoms with E-state index in [1.807, 2.05) is 12.1 Å². The second-order valence-corrected chi connectivity index (χ2v) is 7.13. The molecule has 0 aliphatic rings. The van der Waals surface area contributed by atoms with Crippen LogP contribution in [0.5, 0.6) is 0 Å². The SMILES string of the molecule is N#CCCc1cc(Cl)c(Nc2n[nH]c(=O)c(Nc3ccc(C#N)cc3)n2)c(Br)c1. The summed E-state index contributed by atoms with van der Waals surface area (Å²) in [6.45, 7) is 0. The molecule has 8 nitrogen and oxygen atoms in total. The fourth-order valence-electron chi connectivity index (χ4n) is 2.45. The Morgan fingerprint density at radius 1 is 1.17 bits per heavy atom. The average molecular weight is 471 g/mol. The number of H-pyrrole nitrogens is 1. The first-order valence-corrected chi connectivity index (χ1v) is 9.53. The first-order valence-electron chi connectivity index (χ1n) is 8.36. The van der Waals surface area contributed by atoms with E-state index in [9.17, 15) is 4.79 Å². The van der Waals surface area contributed by atoms with Crippen molar-refractivity contribution >= 4 is 50.7 Å². The number of hydrogen-bond donors (Lipinski definition) is 3. The molecule has 0 amide bonds. The molecule has 0 unspecified atom stereocenters. The maximum atomic E-state index is 12.0. The van der Waals surface area contributed by atoms with Gasteiger partial charge in [-0.25, -0.2) is 5.10 Å². The van der Waals surface area contributed by atoms with Crippen LogP contribution in [0.25, 0.3) is 0 Å². The lowest BCUT2D eigenvalue weighted by molar-refractivity contribution is 0.945. The zero-order valence-electron chi connectivity index (χ0n) is 14.8. The number of aryl methyl sites for hydroxylation is 1. The third kappa shape index (κ3) is 5.11. The number of nitrogens with one attached hydrogen (secondary N) is 3. The Labute approximate surface area is 179 Å². The number of benzene rings is 2. The normalized spacial score (nSPS) is 10.1. The van der Waals surface area contributed by atoms with Gasteiger partial charge in [0.1, 0.15) is 0 Å². The van der Waals surface area contributed by atoms with Crippen molar-refractivity contribution in [1.82, 2.24) is 15.2 Å². The molecule has 0 fully saturated rings. The van der Waals surface area contributed by atoms with Gasteiger partial charge in [0.25, 0.3) is 0 Å². The highest BCUT2D eigenvalue weighted by atomic mass is 79.9. The summed E-state index contributed by atoms with van der Waals surface area (Å²) in [5, 5.41) is 30.1. The molecule has 0 aliphatic heterocycles. The van der Waals surface area contributed by atoms with E-state index in [1.165, 1.54) is 0 Å². The van der Waals surface area contributed by atoms with Gasteiger partial charge in [-0.3, -0.25) is 4.79 Å². The van der Waals surface area contributed by atoms with Gasteiger partial charge >= 0.3 is 5.56 Å². The van der Waals surface area contributed by atoms with E-state index < -0.39 is 5.56 Å². The minimum Gasteiger partial charge on any atom is -0.335 e. The monoisotopic (exact) mass is 469 g/mol. The number of aromatic amines is 1. The summed E-state index contributed by atoms with van der Waals surface area (Å²) in [6.07, 6.45) is 0.978. The number of halogens is 2. The number of hydrogen-bond acceptors (Lipinski definition) is 7. The fraction of sp³-hybridized carbons (Fsp3) is 0.105. The molecule has 0 atom stereocenters. The predicted octanol–water partition coefficient (Wildman–Crippen LogP) is 4.40. The van der Waals surface area contributed by atoms with Gasteiger partial charge in [0.05, 0.1) is 28.4 Å². The third-order valence-electron chi connectivity index (χ3n) is 3.84. The van der Waals surface area contributed by atoms with Gasteiger partial charge in [-0.1, -0.05) is 11.6 Å². The number of nitriles is 2. The maximum absolute atomic E-state index is 12.0. The molecule has 10 heteroatoms. The minimum absolute atomic E-state index is 0.0325. The molecule has 0 saturated heterocycles. The summed E-state index contributed by atoms with van der Waals surface area (Å²) in [4.78, 5) is 16.2. The highest BCUT2D eigenvalue weighted by Gasteiger charge is 2.12. The zero-order chi connectivity index (χ0) is 20.8. The van der Waals surface area contributed by atoms with Gasteiger partial charge in [-0.05, 0) is 64.3 Å². The van der Waals surface area contributed by atoms with Crippen LogP contribution in [0.4, 0.5) is 23.1 Å². The van der Waals surface area contributed by atoms with Crippen molar-refractivity contribution in [2.24, 2.45) is 0 Å². The summed E-state index contributed by atoms with van der Waals surface area (Å²) in [7, 11) is 0. The zero-order valence-corrected chi connectivity index (χ0v) is 17.2. The van der Waals surface area contributed by atoms with E-state index in [0.29, 0.717) is 39.3 Å². The van der Waals surface area contributed by atoms with Crippen molar-refractivity contribution in [2.75, 3.05) is 10.6 Å². The molecule has 0 radical (unpaired) electrons. The first kappa shape index (κ1) is 20.3. The molecule has 3 rings (SSSR count). The summed E-state index contributed by atoms with van der Waals surface area (Å²) < 4.78 is 0.675. The van der Waals surface area contributed by atoms with E-state index >= 15 is 0 Å². The van der Waals surface area contributed by atoms with Crippen LogP contribution in [0.15, 0.2) is 45.7 Å². The fourth-order valence-corrected chi connectivity index (χ4v) is 3.46. The molecular weight excluding hydrogens is 458 g/mol. The topological polar surface area (TPSA) is 130 Å². The van der Waals surface area contributed by atoms with Gasteiger partial charge in [-0.15, -0.1) is 5.10 Å². The average Bonchev–Trinajstić information content (AvgIpc) is 2.72. The largest absolute Gasteiger partial charge is 0.335 e. The lowest BCUT2D eigenvalue weighted by Crippen LogP contribution is -2.17. The lowest BCUT2D eigenvalue weighted by atomic mass is 10.1. The summed E-state index contributed by atoms with van der Waals surface area (Å²) in [6, 6.07) is 14.3. The van der Waals surface area contributed by atoms with Crippen molar-refractivity contribution in [3.8, 4) is 12.1 Å². The van der Waals surface area contributed by atoms with Crippen LogP contribution in [0, 0.1) is 22.7 Å². The van der Waals surface area contributed by atoms with Crippen LogP contribution >= 0.6 is 27.5 Å². The number of nitrogens with zero attached hydrogens (tertiary/aromatic N) is 4. The first-order chi connectivity index (χ1) is 14.0. The quantitative estimate of drug-likeness (QED) is 0.487. The van der Waals surface area contributed by atoms with Crippen molar-refractivity contribution in [2.45, 2.75) is 12.8 Å². The molecule has 3 N–H and O–H groups in total. The van der Waals surface area contributed by atoms with Gasteiger partial charge in [0, 0.05) is 16.6 Å². The second kappa shape index (κ2) is 9.20. The van der Waals surface area contributed by atoms with Crippen LogP contribution in [-0.4, -0.2) is 15.2 Å². The van der Waals surface area contributed by atoms with E-state index in [-0.39, 0.29) is 11.8 Å². The molecule has 1 heterocycles. The number of rotatable bonds is 6. The molecule has 2 aromatic carbocycles. The molecule has 0 aliphatic carbocycles. The number of anilines is 4. The van der Waals surface area contributed by atoms with Gasteiger partial charge in [-0.2, -0.15) is 15.5 Å². The Morgan fingerprint density at radius 2 is 1.93 bits per heavy atom. The summed E-state index contributed by atoms with van der Waals surface area (Å²) >= 11 is 9.80. The Morgan fingerprint density at radius 3 is 2.59 bits per heavy atom. The molecule has 29 heavy (non-hydrogen) atoms. The Kier molecular flexibility index (Phi) is 6.45. The van der Waals surface area contributed by atoms with Gasteiger partial charge in [0.15, 0.2) is 0 Å². The van der Waals surface area contributed by atoms with Crippen molar-refractivity contribution in [1.29, 1.82) is 10.5 Å². The van der Waals surface area contributed by atoms with Gasteiger partial charge < -0.3 is 10.6 Å². The van der Waals surface area contributed by atoms with Crippen LogP contribution in [0.2, 0.25) is 5.02 Å². The highest BCUT2D eigenvalue weighted by Crippen LogP contribution is 2.34. The van der Waals surface area contributed by atoms with E-state index in [0.717, 1.165) is 5.56 Å². The Balaban J connectivity index is 1.84. The summed E-state index contributed by atoms with van der Waals surface area (Å²) in [5.41, 5.74) is 2.05. The Bertz CT molecular complexity index is 1160. The van der Waals surface area contributed by atoms with Crippen molar-refractivity contribution < 1.29 is 0 Å². The highest BCUT2D eigenvalue weighted by molar-refractivity contribution is 9.10. The molecule has 0 bridgehead atoms. The predicted molar refractivity (Wildman–Crippen MR) is 113 cm³/mol. The van der Waals surface area contributed by atoms with Crippen LogP contribution in [0.1, 0.15) is 17.5 Å². The summed E-state index contributed by atoms with van der Waals surface area (Å²) in [5.74, 6) is 0.165. The maximum Gasteiger partial charge on any atom is 0.307 e. The number of aromatic nitrogens is 3. The van der Waals surface area contributed by atoms with Crippen LogP contribution in [-0.2, 0) is 6.42 Å².